The van der Waals surface area contributed by atoms with Crippen molar-refractivity contribution in [1.29, 1.82) is 0 Å². The number of aryl methyl sites for hydroxylation is 1. The van der Waals surface area contributed by atoms with E-state index in [1.165, 1.54) is 11.8 Å². The maximum atomic E-state index is 11.1. The van der Waals surface area contributed by atoms with E-state index in [1.807, 2.05) is 0 Å². The molecule has 19 heavy (non-hydrogen) atoms. The van der Waals surface area contributed by atoms with Crippen LogP contribution >= 0.6 is 24.2 Å². The first-order chi connectivity index (χ1) is 8.76. The Balaban J connectivity index is 0.00000324. The van der Waals surface area contributed by atoms with Crippen LogP contribution in [0.15, 0.2) is 9.64 Å². The summed E-state index contributed by atoms with van der Waals surface area (Å²) in [6, 6.07) is 0. The van der Waals surface area contributed by atoms with E-state index in [0.717, 1.165) is 25.7 Å². The Morgan fingerprint density at radius 1 is 1.37 bits per heavy atom. The molecule has 0 amide bonds. The molecule has 0 atom stereocenters. The highest BCUT2D eigenvalue weighted by Crippen LogP contribution is 2.17. The molecule has 1 aromatic rings. The van der Waals surface area contributed by atoms with Gasteiger partial charge in [0.2, 0.25) is 5.89 Å². The van der Waals surface area contributed by atoms with Gasteiger partial charge in [-0.05, 0) is 26.3 Å². The van der Waals surface area contributed by atoms with Gasteiger partial charge in [-0.2, -0.15) is 0 Å². The monoisotopic (exact) mass is 309 g/mol. The SMILES string of the molecule is CCOC(=O)CSc1nnc(CCCCCN)o1.Cl. The second-order valence-corrected chi connectivity index (χ2v) is 4.58. The highest BCUT2D eigenvalue weighted by molar-refractivity contribution is 7.99. The van der Waals surface area contributed by atoms with Crippen LogP contribution in [0.1, 0.15) is 32.1 Å². The molecule has 1 aromatic heterocycles. The third-order valence-electron chi connectivity index (χ3n) is 2.16. The van der Waals surface area contributed by atoms with Gasteiger partial charge < -0.3 is 14.9 Å². The van der Waals surface area contributed by atoms with Crippen LogP contribution < -0.4 is 5.73 Å². The van der Waals surface area contributed by atoms with E-state index < -0.39 is 0 Å². The number of carbonyl (C=O) groups is 1. The zero-order chi connectivity index (χ0) is 13.2. The molecule has 1 heterocycles. The van der Waals surface area contributed by atoms with Gasteiger partial charge in [-0.1, -0.05) is 18.2 Å². The molecule has 0 saturated heterocycles. The lowest BCUT2D eigenvalue weighted by Gasteiger charge is -1.98. The van der Waals surface area contributed by atoms with E-state index in [4.69, 9.17) is 14.9 Å². The molecular formula is C11H20ClN3O3S. The molecular weight excluding hydrogens is 290 g/mol. The van der Waals surface area contributed by atoms with E-state index in [1.54, 1.807) is 6.92 Å². The number of unbranched alkanes of at least 4 members (excludes halogenated alkanes) is 2. The zero-order valence-corrected chi connectivity index (χ0v) is 12.6. The highest BCUT2D eigenvalue weighted by Gasteiger charge is 2.09. The van der Waals surface area contributed by atoms with Gasteiger partial charge in [-0.15, -0.1) is 22.6 Å². The normalized spacial score (nSPS) is 10.0. The van der Waals surface area contributed by atoms with Crippen molar-refractivity contribution in [3.8, 4) is 0 Å². The van der Waals surface area contributed by atoms with Crippen LogP contribution in [0.2, 0.25) is 0 Å². The Morgan fingerprint density at radius 2 is 2.16 bits per heavy atom. The summed E-state index contributed by atoms with van der Waals surface area (Å²) in [5.41, 5.74) is 5.41. The van der Waals surface area contributed by atoms with Crippen molar-refractivity contribution in [1.82, 2.24) is 10.2 Å². The fourth-order valence-corrected chi connectivity index (χ4v) is 1.90. The van der Waals surface area contributed by atoms with Crippen LogP contribution in [0.5, 0.6) is 0 Å². The summed E-state index contributed by atoms with van der Waals surface area (Å²) in [4.78, 5) is 11.1. The largest absolute Gasteiger partial charge is 0.465 e. The van der Waals surface area contributed by atoms with Crippen molar-refractivity contribution in [2.24, 2.45) is 5.73 Å². The zero-order valence-electron chi connectivity index (χ0n) is 11.0. The first kappa shape index (κ1) is 18.2. The number of rotatable bonds is 9. The molecule has 8 heteroatoms. The van der Waals surface area contributed by atoms with E-state index in [-0.39, 0.29) is 24.1 Å². The predicted octanol–water partition coefficient (Wildman–Crippen LogP) is 1.82. The number of aromatic nitrogens is 2. The standard InChI is InChI=1S/C11H19N3O3S.ClH/c1-2-16-10(15)8-18-11-14-13-9(17-11)6-4-3-5-7-12;/h2-8,12H2,1H3;1H. The Kier molecular flexibility index (Phi) is 10.6. The molecule has 2 N–H and O–H groups in total. The molecule has 0 aliphatic carbocycles. The minimum Gasteiger partial charge on any atom is -0.465 e. The second kappa shape index (κ2) is 11.1. The van der Waals surface area contributed by atoms with Crippen molar-refractivity contribution in [2.45, 2.75) is 37.8 Å². The van der Waals surface area contributed by atoms with E-state index in [2.05, 4.69) is 10.2 Å². The van der Waals surface area contributed by atoms with Gasteiger partial charge in [-0.25, -0.2) is 0 Å². The molecule has 0 bridgehead atoms. The average molecular weight is 310 g/mol. The van der Waals surface area contributed by atoms with Crippen LogP contribution in [0, 0.1) is 0 Å². The Morgan fingerprint density at radius 3 is 2.84 bits per heavy atom. The maximum Gasteiger partial charge on any atom is 0.316 e. The highest BCUT2D eigenvalue weighted by atomic mass is 35.5. The van der Waals surface area contributed by atoms with E-state index in [9.17, 15) is 4.79 Å². The molecule has 0 saturated carbocycles. The predicted molar refractivity (Wildman–Crippen MR) is 75.5 cm³/mol. The van der Waals surface area contributed by atoms with E-state index >= 15 is 0 Å². The van der Waals surface area contributed by atoms with Crippen molar-refractivity contribution >= 4 is 30.1 Å². The molecule has 6 nitrogen and oxygen atoms in total. The summed E-state index contributed by atoms with van der Waals surface area (Å²) in [7, 11) is 0. The lowest BCUT2D eigenvalue weighted by molar-refractivity contribution is -0.139. The Hall–Kier alpha value is -0.790. The van der Waals surface area contributed by atoms with Crippen LogP contribution in [-0.2, 0) is 16.0 Å². The molecule has 0 unspecified atom stereocenters. The minimum atomic E-state index is -0.273. The molecule has 0 aliphatic heterocycles. The molecule has 0 aliphatic rings. The van der Waals surface area contributed by atoms with Crippen molar-refractivity contribution in [3.05, 3.63) is 5.89 Å². The van der Waals surface area contributed by atoms with E-state index in [0.29, 0.717) is 24.3 Å². The smallest absolute Gasteiger partial charge is 0.316 e. The quantitative estimate of drug-likeness (QED) is 0.422. The number of nitrogens with zero attached hydrogens (tertiary/aromatic N) is 2. The second-order valence-electron chi connectivity index (χ2n) is 3.65. The minimum absolute atomic E-state index is 0. The number of thioether (sulfide) groups is 1. The van der Waals surface area contributed by atoms with Gasteiger partial charge in [0, 0.05) is 6.42 Å². The van der Waals surface area contributed by atoms with Gasteiger partial charge in [0.05, 0.1) is 6.61 Å². The Labute approximate surface area is 123 Å². The summed E-state index contributed by atoms with van der Waals surface area (Å²) in [5.74, 6) is 0.534. The molecule has 0 fully saturated rings. The van der Waals surface area contributed by atoms with Crippen LogP contribution in [0.25, 0.3) is 0 Å². The third-order valence-corrected chi connectivity index (χ3v) is 2.95. The number of esters is 1. The molecule has 1 rings (SSSR count). The molecule has 110 valence electrons. The molecule has 0 aromatic carbocycles. The van der Waals surface area contributed by atoms with Crippen LogP contribution in [0.3, 0.4) is 0 Å². The van der Waals surface area contributed by atoms with Gasteiger partial charge in [-0.3, -0.25) is 4.79 Å². The summed E-state index contributed by atoms with van der Waals surface area (Å²) >= 11 is 1.20. The van der Waals surface area contributed by atoms with Crippen molar-refractivity contribution < 1.29 is 13.9 Å². The van der Waals surface area contributed by atoms with Gasteiger partial charge in [0.25, 0.3) is 5.22 Å². The van der Waals surface area contributed by atoms with Crippen molar-refractivity contribution in [2.75, 3.05) is 18.9 Å². The summed E-state index contributed by atoms with van der Waals surface area (Å²) in [5, 5.41) is 8.19. The lowest BCUT2D eigenvalue weighted by atomic mass is 10.2. The molecule has 0 radical (unpaired) electrons. The molecule has 0 spiro atoms. The average Bonchev–Trinajstić information content (AvgIpc) is 2.81. The fraction of sp³-hybridized carbons (Fsp3) is 0.727. The van der Waals surface area contributed by atoms with Crippen LogP contribution in [-0.4, -0.2) is 35.1 Å². The fourth-order valence-electron chi connectivity index (χ4n) is 1.32. The number of halogens is 1. The van der Waals surface area contributed by atoms with Gasteiger partial charge in [0.1, 0.15) is 5.75 Å². The first-order valence-corrected chi connectivity index (χ1v) is 7.05. The summed E-state index contributed by atoms with van der Waals surface area (Å²) in [6.07, 6.45) is 3.82. The number of hydrogen-bond acceptors (Lipinski definition) is 7. The number of hydrogen-bond donors (Lipinski definition) is 1. The van der Waals surface area contributed by atoms with Crippen molar-refractivity contribution in [3.63, 3.8) is 0 Å². The summed E-state index contributed by atoms with van der Waals surface area (Å²) < 4.78 is 10.2. The first-order valence-electron chi connectivity index (χ1n) is 6.07. The van der Waals surface area contributed by atoms with Gasteiger partial charge >= 0.3 is 5.97 Å². The number of ether oxygens (including phenoxy) is 1. The maximum absolute atomic E-state index is 11.1. The van der Waals surface area contributed by atoms with Gasteiger partial charge in [0.15, 0.2) is 0 Å². The summed E-state index contributed by atoms with van der Waals surface area (Å²) in [6.45, 7) is 2.87. The number of carbonyl (C=O) groups excluding carboxylic acids is 1. The van der Waals surface area contributed by atoms with Crippen LogP contribution in [0.4, 0.5) is 0 Å². The topological polar surface area (TPSA) is 91.2 Å². The third kappa shape index (κ3) is 8.07. The Bertz CT molecular complexity index is 363. The number of nitrogens with two attached hydrogens (primary N) is 1. The lowest BCUT2D eigenvalue weighted by Crippen LogP contribution is -2.06.